The zero-order valence-corrected chi connectivity index (χ0v) is 20.4. The molecule has 1 amide bonds. The minimum absolute atomic E-state index is 0.0322. The summed E-state index contributed by atoms with van der Waals surface area (Å²) in [6.45, 7) is 4.28. The first kappa shape index (κ1) is 25.9. The number of carbonyl (C=O) groups is 1. The highest BCUT2D eigenvalue weighted by Gasteiger charge is 2.47. The molecule has 7 nitrogen and oxygen atoms in total. The molecule has 0 bridgehead atoms. The molecule has 192 valence electrons. The van der Waals surface area contributed by atoms with Crippen molar-refractivity contribution in [2.45, 2.75) is 45.3 Å². The van der Waals surface area contributed by atoms with Gasteiger partial charge in [-0.05, 0) is 31.9 Å². The summed E-state index contributed by atoms with van der Waals surface area (Å²) in [5.74, 6) is -4.50. The van der Waals surface area contributed by atoms with Crippen LogP contribution >= 0.6 is 11.3 Å². The second-order valence-electron chi connectivity index (χ2n) is 8.79. The summed E-state index contributed by atoms with van der Waals surface area (Å²) in [6, 6.07) is 4.61. The third-order valence-corrected chi connectivity index (χ3v) is 6.84. The number of rotatable bonds is 5. The van der Waals surface area contributed by atoms with Crippen molar-refractivity contribution in [3.63, 3.8) is 0 Å². The molecule has 0 unspecified atom stereocenters. The Kier molecular flexibility index (Phi) is 6.95. The minimum Gasteiger partial charge on any atom is -0.352 e. The molecule has 3 aromatic heterocycles. The Hall–Kier alpha value is -3.22. The third-order valence-electron chi connectivity index (χ3n) is 5.85. The van der Waals surface area contributed by atoms with Crippen LogP contribution in [-0.4, -0.2) is 55.8 Å². The highest BCUT2D eigenvalue weighted by atomic mass is 32.1. The van der Waals surface area contributed by atoms with E-state index in [4.69, 9.17) is 0 Å². The molecule has 36 heavy (non-hydrogen) atoms. The van der Waals surface area contributed by atoms with Crippen molar-refractivity contribution < 1.29 is 26.7 Å². The van der Waals surface area contributed by atoms with Crippen molar-refractivity contribution in [2.75, 3.05) is 18.4 Å². The lowest BCUT2D eigenvalue weighted by Gasteiger charge is -2.43. The number of anilines is 1. The molecule has 4 heterocycles. The van der Waals surface area contributed by atoms with Crippen molar-refractivity contribution in [1.29, 1.82) is 0 Å². The second-order valence-corrected chi connectivity index (χ2v) is 9.99. The van der Waals surface area contributed by atoms with E-state index in [2.05, 4.69) is 25.3 Å². The van der Waals surface area contributed by atoms with Gasteiger partial charge in [-0.1, -0.05) is 13.0 Å². The van der Waals surface area contributed by atoms with Crippen molar-refractivity contribution in [3.05, 3.63) is 52.6 Å². The number of halogens is 5. The molecular weight excluding hydrogens is 503 g/mol. The van der Waals surface area contributed by atoms with Gasteiger partial charge in [0, 0.05) is 31.1 Å². The van der Waals surface area contributed by atoms with E-state index in [1.54, 1.807) is 39.0 Å². The molecule has 0 spiro atoms. The third kappa shape index (κ3) is 5.61. The fourth-order valence-electron chi connectivity index (χ4n) is 4.19. The summed E-state index contributed by atoms with van der Waals surface area (Å²) < 4.78 is 67.5. The van der Waals surface area contributed by atoms with Crippen LogP contribution < -0.4 is 5.32 Å². The zero-order chi connectivity index (χ0) is 26.3. The lowest BCUT2D eigenvalue weighted by molar-refractivity contribution is -0.138. The number of nitrogens with one attached hydrogen (secondary N) is 1. The molecule has 4 rings (SSSR count). The molecule has 13 heteroatoms. The maximum atomic E-state index is 14.6. The van der Waals surface area contributed by atoms with Crippen molar-refractivity contribution >= 4 is 23.2 Å². The lowest BCUT2D eigenvalue weighted by atomic mass is 9.88. The van der Waals surface area contributed by atoms with E-state index in [1.807, 2.05) is 0 Å². The van der Waals surface area contributed by atoms with Crippen LogP contribution in [0.2, 0.25) is 0 Å². The molecule has 1 aliphatic heterocycles. The van der Waals surface area contributed by atoms with Gasteiger partial charge in [0.2, 0.25) is 5.95 Å². The number of nitrogens with zero attached hydrogens (tertiary/aromatic N) is 5. The van der Waals surface area contributed by atoms with Gasteiger partial charge in [-0.25, -0.2) is 23.7 Å². The predicted octanol–water partition coefficient (Wildman–Crippen LogP) is 5.23. The number of aryl methyl sites for hydroxylation is 2. The first-order chi connectivity index (χ1) is 16.8. The number of alkyl halides is 5. The van der Waals surface area contributed by atoms with Gasteiger partial charge in [-0.15, -0.1) is 11.3 Å². The summed E-state index contributed by atoms with van der Waals surface area (Å²) in [5, 5.41) is 3.37. The number of likely N-dealkylation sites (tertiary alicyclic amines) is 1. The number of thiazole rings is 1. The van der Waals surface area contributed by atoms with Gasteiger partial charge in [0.1, 0.15) is 5.69 Å². The summed E-state index contributed by atoms with van der Waals surface area (Å²) in [6.07, 6.45) is -3.76. The lowest BCUT2D eigenvalue weighted by Crippen LogP contribution is -2.57. The number of piperidine rings is 1. The van der Waals surface area contributed by atoms with Crippen LogP contribution in [0.3, 0.4) is 0 Å². The van der Waals surface area contributed by atoms with Gasteiger partial charge in [0.25, 0.3) is 11.8 Å². The topological polar surface area (TPSA) is 83.9 Å². The van der Waals surface area contributed by atoms with Crippen LogP contribution in [-0.2, 0) is 6.18 Å². The van der Waals surface area contributed by atoms with E-state index in [1.165, 1.54) is 11.3 Å². The first-order valence-electron chi connectivity index (χ1n) is 11.1. The molecule has 0 saturated carbocycles. The molecule has 1 aliphatic rings. The van der Waals surface area contributed by atoms with Crippen molar-refractivity contribution in [2.24, 2.45) is 5.92 Å². The molecule has 0 aliphatic carbocycles. The number of amides is 1. The standard InChI is InChI=1S/C23H23F5N6OS/c1-12-7-22(24,25)11-34(17(12)10-31-21-29-8-15(9-30-21)23(26,27)28)20(35)18-19(36-14(3)33-18)16-6-4-5-13(2)32-16/h4-6,8-9,12,17H,7,10-11H2,1-3H3,(H,29,30,31)/t12-,17-/m1/s1. The Morgan fingerprint density at radius 3 is 2.53 bits per heavy atom. The van der Waals surface area contributed by atoms with E-state index in [0.717, 1.165) is 10.6 Å². The van der Waals surface area contributed by atoms with E-state index >= 15 is 0 Å². The Labute approximate surface area is 207 Å². The fraction of sp³-hybridized carbons (Fsp3) is 0.435. The largest absolute Gasteiger partial charge is 0.419 e. The molecule has 3 aromatic rings. The van der Waals surface area contributed by atoms with Crippen molar-refractivity contribution in [1.82, 2.24) is 24.8 Å². The maximum Gasteiger partial charge on any atom is 0.419 e. The van der Waals surface area contributed by atoms with E-state index < -0.39 is 48.5 Å². The van der Waals surface area contributed by atoms with Gasteiger partial charge < -0.3 is 10.2 Å². The minimum atomic E-state index is -4.58. The number of hydrogen-bond donors (Lipinski definition) is 1. The molecule has 1 saturated heterocycles. The fourth-order valence-corrected chi connectivity index (χ4v) is 5.07. The van der Waals surface area contributed by atoms with Crippen LogP contribution in [0.4, 0.5) is 27.9 Å². The number of pyridine rings is 1. The normalized spacial score (nSPS) is 19.8. The molecular formula is C23H23F5N6OS. The van der Waals surface area contributed by atoms with Crippen LogP contribution in [0.1, 0.15) is 40.1 Å². The van der Waals surface area contributed by atoms with Gasteiger partial charge >= 0.3 is 6.18 Å². The van der Waals surface area contributed by atoms with E-state index in [0.29, 0.717) is 28.0 Å². The smallest absolute Gasteiger partial charge is 0.352 e. The number of carbonyl (C=O) groups excluding carboxylic acids is 1. The molecule has 0 radical (unpaired) electrons. The highest BCUT2D eigenvalue weighted by Crippen LogP contribution is 2.37. The molecule has 1 fully saturated rings. The average molecular weight is 527 g/mol. The SMILES string of the molecule is Cc1cccc(-c2sc(C)nc2C(=O)N2CC(F)(F)C[C@@H](C)[C@H]2CNc2ncc(C(F)(F)F)cn2)n1. The Balaban J connectivity index is 1.61. The van der Waals surface area contributed by atoms with E-state index in [-0.39, 0.29) is 18.2 Å². The van der Waals surface area contributed by atoms with Crippen LogP contribution in [0.15, 0.2) is 30.6 Å². The molecule has 2 atom stereocenters. The summed E-state index contributed by atoms with van der Waals surface area (Å²) in [4.78, 5) is 31.3. The van der Waals surface area contributed by atoms with Crippen LogP contribution in [0, 0.1) is 19.8 Å². The van der Waals surface area contributed by atoms with Crippen LogP contribution in [0.25, 0.3) is 10.6 Å². The predicted molar refractivity (Wildman–Crippen MR) is 124 cm³/mol. The van der Waals surface area contributed by atoms with Gasteiger partial charge in [-0.2, -0.15) is 13.2 Å². The van der Waals surface area contributed by atoms with Gasteiger partial charge in [-0.3, -0.25) is 9.78 Å². The number of aromatic nitrogens is 4. The Bertz CT molecular complexity index is 1250. The second kappa shape index (κ2) is 9.68. The van der Waals surface area contributed by atoms with Crippen LogP contribution in [0.5, 0.6) is 0 Å². The molecule has 0 aromatic carbocycles. The monoisotopic (exact) mass is 526 g/mol. The first-order valence-corrected chi connectivity index (χ1v) is 11.9. The molecule has 1 N–H and O–H groups in total. The Morgan fingerprint density at radius 1 is 1.19 bits per heavy atom. The Morgan fingerprint density at radius 2 is 1.89 bits per heavy atom. The van der Waals surface area contributed by atoms with Gasteiger partial charge in [0.15, 0.2) is 0 Å². The zero-order valence-electron chi connectivity index (χ0n) is 19.6. The summed E-state index contributed by atoms with van der Waals surface area (Å²) >= 11 is 1.25. The average Bonchev–Trinajstić information content (AvgIpc) is 3.18. The van der Waals surface area contributed by atoms with Crippen molar-refractivity contribution in [3.8, 4) is 10.6 Å². The van der Waals surface area contributed by atoms with E-state index in [9.17, 15) is 26.7 Å². The maximum absolute atomic E-state index is 14.6. The summed E-state index contributed by atoms with van der Waals surface area (Å²) in [7, 11) is 0. The summed E-state index contributed by atoms with van der Waals surface area (Å²) in [5.41, 5.74) is 0.283. The van der Waals surface area contributed by atoms with Gasteiger partial charge in [0.05, 0.1) is 33.7 Å². The highest BCUT2D eigenvalue weighted by molar-refractivity contribution is 7.15. The quantitative estimate of drug-likeness (QED) is 0.459. The number of hydrogen-bond acceptors (Lipinski definition) is 7.